The van der Waals surface area contributed by atoms with Crippen LogP contribution in [0.5, 0.6) is 0 Å². The maximum Gasteiger partial charge on any atom is 0.332 e. The van der Waals surface area contributed by atoms with Gasteiger partial charge in [-0.25, -0.2) is 9.59 Å². The van der Waals surface area contributed by atoms with Gasteiger partial charge in [-0.1, -0.05) is 20.3 Å². The molecule has 7 heteroatoms. The molecule has 0 aliphatic rings. The largest absolute Gasteiger partial charge is 0.478 e. The van der Waals surface area contributed by atoms with Crippen molar-refractivity contribution < 1.29 is 34.1 Å². The average molecular weight is 302 g/mol. The zero-order chi connectivity index (χ0) is 16.3. The van der Waals surface area contributed by atoms with Crippen molar-refractivity contribution in [2.45, 2.75) is 39.5 Å². The highest BCUT2D eigenvalue weighted by Crippen LogP contribution is 2.16. The van der Waals surface area contributed by atoms with E-state index >= 15 is 0 Å². The number of rotatable bonds is 11. The van der Waals surface area contributed by atoms with Crippen molar-refractivity contribution in [3.8, 4) is 0 Å². The van der Waals surface area contributed by atoms with E-state index in [-0.39, 0.29) is 25.2 Å². The van der Waals surface area contributed by atoms with Crippen LogP contribution in [0.3, 0.4) is 0 Å². The lowest BCUT2D eigenvalue weighted by molar-refractivity contribution is -0.146. The predicted octanol–water partition coefficient (Wildman–Crippen LogP) is 1.61. The molecular formula is C14H22O7. The van der Waals surface area contributed by atoms with E-state index in [9.17, 15) is 14.4 Å². The maximum atomic E-state index is 11.6. The molecule has 0 heterocycles. The number of carboxylic acid groups (broad SMARTS) is 2. The summed E-state index contributed by atoms with van der Waals surface area (Å²) in [5.41, 5.74) is -0.687. The van der Waals surface area contributed by atoms with Crippen molar-refractivity contribution in [3.05, 3.63) is 11.1 Å². The van der Waals surface area contributed by atoms with Crippen molar-refractivity contribution >= 4 is 17.9 Å². The van der Waals surface area contributed by atoms with E-state index in [1.807, 2.05) is 6.92 Å². The highest BCUT2D eigenvalue weighted by molar-refractivity contribution is 6.01. The first-order valence-corrected chi connectivity index (χ1v) is 6.85. The third kappa shape index (κ3) is 8.09. The van der Waals surface area contributed by atoms with Crippen molar-refractivity contribution in [1.29, 1.82) is 0 Å². The molecule has 0 radical (unpaired) electrons. The summed E-state index contributed by atoms with van der Waals surface area (Å²) in [4.78, 5) is 33.7. The van der Waals surface area contributed by atoms with Crippen LogP contribution in [0, 0.1) is 0 Å². The van der Waals surface area contributed by atoms with Gasteiger partial charge < -0.3 is 19.7 Å². The predicted molar refractivity (Wildman–Crippen MR) is 73.9 cm³/mol. The molecule has 0 bridgehead atoms. The molecule has 0 amide bonds. The number of esters is 1. The topological polar surface area (TPSA) is 110 Å². The Bertz CT molecular complexity index is 398. The Morgan fingerprint density at radius 2 is 1.48 bits per heavy atom. The summed E-state index contributed by atoms with van der Waals surface area (Å²) in [5, 5.41) is 18.1. The molecule has 7 nitrogen and oxygen atoms in total. The smallest absolute Gasteiger partial charge is 0.332 e. The van der Waals surface area contributed by atoms with E-state index < -0.39 is 29.9 Å². The first-order chi connectivity index (χ1) is 9.93. The zero-order valence-electron chi connectivity index (χ0n) is 12.4. The van der Waals surface area contributed by atoms with Gasteiger partial charge in [0.05, 0.1) is 18.6 Å². The van der Waals surface area contributed by atoms with Crippen LogP contribution in [0.2, 0.25) is 0 Å². The Morgan fingerprint density at radius 3 is 1.95 bits per heavy atom. The molecule has 21 heavy (non-hydrogen) atoms. The molecule has 0 aliphatic heterocycles. The summed E-state index contributed by atoms with van der Waals surface area (Å²) in [6, 6.07) is 0. The van der Waals surface area contributed by atoms with Gasteiger partial charge in [0, 0.05) is 12.2 Å². The number of aliphatic carboxylic acids is 2. The van der Waals surface area contributed by atoms with Crippen molar-refractivity contribution in [2.75, 3.05) is 19.8 Å². The molecule has 0 aliphatic carbocycles. The molecule has 0 fully saturated rings. The van der Waals surface area contributed by atoms with Gasteiger partial charge in [-0.3, -0.25) is 4.79 Å². The number of hydrogen-bond acceptors (Lipinski definition) is 5. The summed E-state index contributed by atoms with van der Waals surface area (Å²) in [5.74, 6) is -3.52. The maximum absolute atomic E-state index is 11.6. The lowest BCUT2D eigenvalue weighted by Gasteiger charge is -2.09. The van der Waals surface area contributed by atoms with Crippen molar-refractivity contribution in [1.82, 2.24) is 0 Å². The first-order valence-electron chi connectivity index (χ1n) is 6.85. The quantitative estimate of drug-likeness (QED) is 0.339. The van der Waals surface area contributed by atoms with Crippen molar-refractivity contribution in [2.24, 2.45) is 0 Å². The fourth-order valence-electron chi connectivity index (χ4n) is 1.60. The Morgan fingerprint density at radius 1 is 0.857 bits per heavy atom. The van der Waals surface area contributed by atoms with Crippen LogP contribution in [0.25, 0.3) is 0 Å². The van der Waals surface area contributed by atoms with Crippen molar-refractivity contribution in [3.63, 3.8) is 0 Å². The van der Waals surface area contributed by atoms with Gasteiger partial charge in [-0.15, -0.1) is 0 Å². The molecular weight excluding hydrogens is 280 g/mol. The molecule has 0 saturated heterocycles. The molecule has 2 N–H and O–H groups in total. The van der Waals surface area contributed by atoms with Gasteiger partial charge in [-0.05, 0) is 12.8 Å². The van der Waals surface area contributed by atoms with Crippen LogP contribution >= 0.6 is 0 Å². The Balaban J connectivity index is 4.63. The summed E-state index contributed by atoms with van der Waals surface area (Å²) < 4.78 is 9.93. The summed E-state index contributed by atoms with van der Waals surface area (Å²) in [7, 11) is 0. The van der Waals surface area contributed by atoms with E-state index in [4.69, 9.17) is 19.7 Å². The Hall–Kier alpha value is -1.89. The third-order valence-electron chi connectivity index (χ3n) is 2.54. The van der Waals surface area contributed by atoms with E-state index in [2.05, 4.69) is 0 Å². The second kappa shape index (κ2) is 10.8. The van der Waals surface area contributed by atoms with Crippen LogP contribution in [0.1, 0.15) is 39.5 Å². The van der Waals surface area contributed by atoms with Gasteiger partial charge in [0.1, 0.15) is 6.61 Å². The second-order valence-electron chi connectivity index (χ2n) is 4.33. The van der Waals surface area contributed by atoms with Crippen LogP contribution in [0.4, 0.5) is 0 Å². The number of carbonyl (C=O) groups is 3. The minimum absolute atomic E-state index is 0.0158. The number of hydrogen-bond donors (Lipinski definition) is 2. The van der Waals surface area contributed by atoms with Gasteiger partial charge in [-0.2, -0.15) is 0 Å². The number of ether oxygens (including phenoxy) is 2. The molecule has 0 unspecified atom stereocenters. The summed E-state index contributed by atoms with van der Waals surface area (Å²) in [6.45, 7) is 4.47. The number of carboxylic acids is 2. The summed E-state index contributed by atoms with van der Waals surface area (Å²) in [6.07, 6.45) is 0.839. The number of carbonyl (C=O) groups excluding carboxylic acids is 1. The van der Waals surface area contributed by atoms with Crippen LogP contribution in [0.15, 0.2) is 11.1 Å². The minimum Gasteiger partial charge on any atom is -0.478 e. The third-order valence-corrected chi connectivity index (χ3v) is 2.54. The standard InChI is InChI=1S/C14H22O7/c1-3-5-10(13(16)17)11(14(18)19)9-12(15)21-8-7-20-6-4-2/h3-9H2,1-2H3,(H,16,17)(H,18,19). The molecule has 0 rings (SSSR count). The molecule has 0 aromatic carbocycles. The Kier molecular flexibility index (Phi) is 9.87. The summed E-state index contributed by atoms with van der Waals surface area (Å²) >= 11 is 0. The van der Waals surface area contributed by atoms with Gasteiger partial charge in [0.2, 0.25) is 0 Å². The fourth-order valence-corrected chi connectivity index (χ4v) is 1.60. The lowest BCUT2D eigenvalue weighted by Crippen LogP contribution is -2.17. The van der Waals surface area contributed by atoms with E-state index in [0.717, 1.165) is 6.42 Å². The highest BCUT2D eigenvalue weighted by Gasteiger charge is 2.22. The monoisotopic (exact) mass is 302 g/mol. The molecule has 0 spiro atoms. The van der Waals surface area contributed by atoms with E-state index in [0.29, 0.717) is 13.0 Å². The molecule has 0 aromatic rings. The Labute approximate surface area is 123 Å². The van der Waals surface area contributed by atoms with Gasteiger partial charge >= 0.3 is 17.9 Å². The second-order valence-corrected chi connectivity index (χ2v) is 4.33. The molecule has 0 atom stereocenters. The van der Waals surface area contributed by atoms with Crippen LogP contribution in [-0.2, 0) is 23.9 Å². The van der Waals surface area contributed by atoms with Gasteiger partial charge in [0.25, 0.3) is 0 Å². The molecule has 120 valence electrons. The SMILES string of the molecule is CCCOCCOC(=O)CC(C(=O)O)=C(CCC)C(=O)O. The lowest BCUT2D eigenvalue weighted by atomic mass is 10.0. The fraction of sp³-hybridized carbons (Fsp3) is 0.643. The minimum atomic E-state index is -1.42. The van der Waals surface area contributed by atoms with Gasteiger partial charge in [0.15, 0.2) is 0 Å². The van der Waals surface area contributed by atoms with E-state index in [1.54, 1.807) is 6.92 Å². The normalized spacial score (nSPS) is 11.7. The van der Waals surface area contributed by atoms with Crippen LogP contribution in [-0.4, -0.2) is 47.9 Å². The highest BCUT2D eigenvalue weighted by atomic mass is 16.6. The molecule has 0 aromatic heterocycles. The average Bonchev–Trinajstić information content (AvgIpc) is 2.41. The van der Waals surface area contributed by atoms with Crippen LogP contribution < -0.4 is 0 Å². The molecule has 0 saturated carbocycles. The van der Waals surface area contributed by atoms with E-state index in [1.165, 1.54) is 0 Å². The zero-order valence-corrected chi connectivity index (χ0v) is 12.4. The first kappa shape index (κ1) is 19.1.